The Kier molecular flexibility index (Phi) is 3.97. The van der Waals surface area contributed by atoms with Crippen LogP contribution in [-0.4, -0.2) is 12.3 Å². The van der Waals surface area contributed by atoms with Gasteiger partial charge in [-0.2, -0.15) is 0 Å². The monoisotopic (exact) mass is 183 g/mol. The van der Waals surface area contributed by atoms with Crippen LogP contribution >= 0.6 is 11.3 Å². The summed E-state index contributed by atoms with van der Waals surface area (Å²) < 4.78 is 0. The van der Waals surface area contributed by atoms with Crippen LogP contribution in [0.2, 0.25) is 0 Å². The summed E-state index contributed by atoms with van der Waals surface area (Å²) in [6, 6.07) is 4.06. The lowest BCUT2D eigenvalue weighted by atomic mass is 10.1. The quantitative estimate of drug-likeness (QED) is 0.753. The molecule has 12 heavy (non-hydrogen) atoms. The maximum atomic E-state index is 11.1. The molecule has 3 heteroatoms. The molecule has 1 aromatic heterocycles. The van der Waals surface area contributed by atoms with Crippen LogP contribution in [-0.2, 0) is 11.2 Å². The molecule has 1 aromatic rings. The van der Waals surface area contributed by atoms with E-state index in [0.29, 0.717) is 19.4 Å². The highest BCUT2D eigenvalue weighted by Crippen LogP contribution is 2.11. The average Bonchev–Trinajstić information content (AvgIpc) is 2.53. The maximum absolute atomic E-state index is 11.1. The molecule has 66 valence electrons. The number of rotatable bonds is 5. The van der Waals surface area contributed by atoms with Crippen LogP contribution in [0.5, 0.6) is 0 Å². The summed E-state index contributed by atoms with van der Waals surface area (Å²) in [5.41, 5.74) is 5.26. The first-order valence-corrected chi connectivity index (χ1v) is 4.95. The summed E-state index contributed by atoms with van der Waals surface area (Å²) in [7, 11) is 0. The van der Waals surface area contributed by atoms with E-state index in [1.54, 1.807) is 11.3 Å². The lowest BCUT2D eigenvalue weighted by molar-refractivity contribution is -0.118. The molecule has 2 N–H and O–H groups in total. The zero-order valence-electron chi connectivity index (χ0n) is 6.95. The van der Waals surface area contributed by atoms with E-state index >= 15 is 0 Å². The van der Waals surface area contributed by atoms with Crippen LogP contribution in [0.25, 0.3) is 0 Å². The van der Waals surface area contributed by atoms with Gasteiger partial charge < -0.3 is 5.73 Å². The van der Waals surface area contributed by atoms with Crippen molar-refractivity contribution in [3.05, 3.63) is 22.4 Å². The van der Waals surface area contributed by atoms with Gasteiger partial charge >= 0.3 is 0 Å². The fourth-order valence-corrected chi connectivity index (χ4v) is 1.71. The molecule has 1 rings (SSSR count). The third kappa shape index (κ3) is 3.15. The van der Waals surface area contributed by atoms with E-state index in [1.165, 1.54) is 4.88 Å². The number of aryl methyl sites for hydroxylation is 1. The molecule has 0 radical (unpaired) electrons. The molecule has 0 saturated carbocycles. The second kappa shape index (κ2) is 5.06. The van der Waals surface area contributed by atoms with Crippen molar-refractivity contribution in [3.8, 4) is 0 Å². The Hall–Kier alpha value is -0.670. The molecule has 0 aromatic carbocycles. The molecule has 0 aliphatic rings. The molecule has 0 aliphatic carbocycles. The molecule has 0 spiro atoms. The molecule has 1 heterocycles. The number of hydrogen-bond donors (Lipinski definition) is 1. The zero-order valence-corrected chi connectivity index (χ0v) is 7.77. The fourth-order valence-electron chi connectivity index (χ4n) is 1.00. The van der Waals surface area contributed by atoms with Gasteiger partial charge in [0.15, 0.2) is 0 Å². The third-order valence-electron chi connectivity index (χ3n) is 1.65. The number of ketones is 1. The van der Waals surface area contributed by atoms with Crippen LogP contribution < -0.4 is 5.73 Å². The number of Topliss-reactive ketones (excluding diaryl/α,β-unsaturated/α-hetero) is 1. The summed E-state index contributed by atoms with van der Waals surface area (Å²) in [5.74, 6) is 0.269. The van der Waals surface area contributed by atoms with Gasteiger partial charge in [-0.1, -0.05) is 6.07 Å². The topological polar surface area (TPSA) is 43.1 Å². The normalized spacial score (nSPS) is 10.1. The SMILES string of the molecule is NCCC(=O)CCc1cccs1. The lowest BCUT2D eigenvalue weighted by Gasteiger charge is -1.96. The van der Waals surface area contributed by atoms with Crippen LogP contribution in [0.4, 0.5) is 0 Å². The summed E-state index contributed by atoms with van der Waals surface area (Å²) >= 11 is 1.70. The predicted molar refractivity (Wildman–Crippen MR) is 51.3 cm³/mol. The molecular weight excluding hydrogens is 170 g/mol. The number of thiophene rings is 1. The van der Waals surface area contributed by atoms with Crippen molar-refractivity contribution in [1.29, 1.82) is 0 Å². The summed E-state index contributed by atoms with van der Waals surface area (Å²) in [6.07, 6.45) is 2.03. The van der Waals surface area contributed by atoms with Gasteiger partial charge in [0.05, 0.1) is 0 Å². The summed E-state index contributed by atoms with van der Waals surface area (Å²) in [6.45, 7) is 0.475. The second-order valence-electron chi connectivity index (χ2n) is 2.66. The van der Waals surface area contributed by atoms with E-state index in [1.807, 2.05) is 11.4 Å². The van der Waals surface area contributed by atoms with Crippen LogP contribution in [0.1, 0.15) is 17.7 Å². The van der Waals surface area contributed by atoms with Crippen molar-refractivity contribution >= 4 is 17.1 Å². The van der Waals surface area contributed by atoms with Crippen LogP contribution in [0, 0.1) is 0 Å². The van der Waals surface area contributed by atoms with Gasteiger partial charge in [-0.05, 0) is 24.4 Å². The van der Waals surface area contributed by atoms with Crippen molar-refractivity contribution in [2.24, 2.45) is 5.73 Å². The summed E-state index contributed by atoms with van der Waals surface area (Å²) in [4.78, 5) is 12.3. The lowest BCUT2D eigenvalue weighted by Crippen LogP contribution is -2.08. The van der Waals surface area contributed by atoms with Gasteiger partial charge in [0.1, 0.15) is 5.78 Å². The Labute approximate surface area is 76.4 Å². The van der Waals surface area contributed by atoms with Crippen LogP contribution in [0.3, 0.4) is 0 Å². The highest BCUT2D eigenvalue weighted by Gasteiger charge is 2.01. The van der Waals surface area contributed by atoms with E-state index in [2.05, 4.69) is 6.07 Å². The van der Waals surface area contributed by atoms with Gasteiger partial charge in [-0.25, -0.2) is 0 Å². The van der Waals surface area contributed by atoms with E-state index in [0.717, 1.165) is 6.42 Å². The number of hydrogen-bond acceptors (Lipinski definition) is 3. The molecule has 0 amide bonds. The molecular formula is C9H13NOS. The minimum absolute atomic E-state index is 0.269. The van der Waals surface area contributed by atoms with Gasteiger partial charge in [-0.15, -0.1) is 11.3 Å². The van der Waals surface area contributed by atoms with Gasteiger partial charge in [-0.3, -0.25) is 4.79 Å². The van der Waals surface area contributed by atoms with E-state index in [-0.39, 0.29) is 5.78 Å². The first kappa shape index (κ1) is 9.42. The molecule has 2 nitrogen and oxygen atoms in total. The standard InChI is InChI=1S/C9H13NOS/c10-6-5-8(11)3-4-9-2-1-7-12-9/h1-2,7H,3-6,10H2. The van der Waals surface area contributed by atoms with Gasteiger partial charge in [0.25, 0.3) is 0 Å². The number of nitrogens with two attached hydrogens (primary N) is 1. The Balaban J connectivity index is 2.22. The van der Waals surface area contributed by atoms with Crippen molar-refractivity contribution in [2.75, 3.05) is 6.54 Å². The van der Waals surface area contributed by atoms with Gasteiger partial charge in [0.2, 0.25) is 0 Å². The van der Waals surface area contributed by atoms with Crippen LogP contribution in [0.15, 0.2) is 17.5 Å². The Morgan fingerprint density at radius 1 is 1.50 bits per heavy atom. The highest BCUT2D eigenvalue weighted by atomic mass is 32.1. The van der Waals surface area contributed by atoms with Crippen molar-refractivity contribution in [1.82, 2.24) is 0 Å². The van der Waals surface area contributed by atoms with Gasteiger partial charge in [0, 0.05) is 17.7 Å². The Morgan fingerprint density at radius 2 is 2.33 bits per heavy atom. The predicted octanol–water partition coefficient (Wildman–Crippen LogP) is 1.60. The van der Waals surface area contributed by atoms with E-state index in [9.17, 15) is 4.79 Å². The molecule has 0 fully saturated rings. The third-order valence-corrected chi connectivity index (χ3v) is 2.59. The minimum Gasteiger partial charge on any atom is -0.330 e. The largest absolute Gasteiger partial charge is 0.330 e. The second-order valence-corrected chi connectivity index (χ2v) is 3.69. The van der Waals surface area contributed by atoms with Crippen molar-refractivity contribution < 1.29 is 4.79 Å². The van der Waals surface area contributed by atoms with Crippen molar-refractivity contribution in [3.63, 3.8) is 0 Å². The van der Waals surface area contributed by atoms with Crippen molar-refractivity contribution in [2.45, 2.75) is 19.3 Å². The number of carbonyl (C=O) groups is 1. The Morgan fingerprint density at radius 3 is 2.92 bits per heavy atom. The fraction of sp³-hybridized carbons (Fsp3) is 0.444. The van der Waals surface area contributed by atoms with E-state index < -0.39 is 0 Å². The highest BCUT2D eigenvalue weighted by molar-refractivity contribution is 7.09. The smallest absolute Gasteiger partial charge is 0.134 e. The molecule has 0 bridgehead atoms. The molecule has 0 atom stereocenters. The molecule has 0 aliphatic heterocycles. The molecule has 0 saturated heterocycles. The maximum Gasteiger partial charge on any atom is 0.134 e. The first-order chi connectivity index (χ1) is 5.83. The molecule has 0 unspecified atom stereocenters. The number of carbonyl (C=O) groups excluding carboxylic acids is 1. The zero-order chi connectivity index (χ0) is 8.81. The average molecular weight is 183 g/mol. The van der Waals surface area contributed by atoms with E-state index in [4.69, 9.17) is 5.73 Å². The minimum atomic E-state index is 0.269. The summed E-state index contributed by atoms with van der Waals surface area (Å²) in [5, 5.41) is 2.03. The Bertz CT molecular complexity index is 231. The first-order valence-electron chi connectivity index (χ1n) is 4.07.